The quantitative estimate of drug-likeness (QED) is 0.709. The Hall–Kier alpha value is -1.16. The molecule has 4 heteroatoms. The van der Waals surface area contributed by atoms with Crippen molar-refractivity contribution in [2.24, 2.45) is 0 Å². The van der Waals surface area contributed by atoms with E-state index in [1.165, 1.54) is 0 Å². The molecule has 1 N–H and O–H groups in total. The van der Waals surface area contributed by atoms with Crippen LogP contribution in [0.4, 0.5) is 0 Å². The fraction of sp³-hybridized carbons (Fsp3) is 0.556. The van der Waals surface area contributed by atoms with Crippen LogP contribution in [0.3, 0.4) is 0 Å². The Morgan fingerprint density at radius 1 is 1.54 bits per heavy atom. The van der Waals surface area contributed by atoms with Crippen molar-refractivity contribution in [2.45, 2.75) is 25.3 Å². The molecule has 1 aliphatic rings. The summed E-state index contributed by atoms with van der Waals surface area (Å²) in [6.45, 7) is 0.670. The molecule has 0 radical (unpaired) electrons. The normalized spacial score (nSPS) is 17.0. The highest BCUT2D eigenvalue weighted by molar-refractivity contribution is 5.06. The Kier molecular flexibility index (Phi) is 2.40. The van der Waals surface area contributed by atoms with E-state index in [0.29, 0.717) is 12.5 Å². The third-order valence-electron chi connectivity index (χ3n) is 2.18. The number of hydrogen-bond donors (Lipinski definition) is 1. The molecule has 0 bridgehead atoms. The standard InChI is InChI=1S/C9H13N3O/c1-10-6-8-11-9(13-12-8)7-4-2-3-5-7/h2-3,7,10H,4-6H2,1H3. The monoisotopic (exact) mass is 179 g/mol. The van der Waals surface area contributed by atoms with Crippen LogP contribution in [0, 0.1) is 0 Å². The third-order valence-corrected chi connectivity index (χ3v) is 2.18. The maximum Gasteiger partial charge on any atom is 0.230 e. The summed E-state index contributed by atoms with van der Waals surface area (Å²) in [6.07, 6.45) is 6.38. The fourth-order valence-corrected chi connectivity index (χ4v) is 1.48. The van der Waals surface area contributed by atoms with Gasteiger partial charge in [-0.05, 0) is 19.9 Å². The topological polar surface area (TPSA) is 51.0 Å². The van der Waals surface area contributed by atoms with Crippen molar-refractivity contribution >= 4 is 0 Å². The van der Waals surface area contributed by atoms with Crippen molar-refractivity contribution in [3.8, 4) is 0 Å². The lowest BCUT2D eigenvalue weighted by atomic mass is 10.1. The maximum absolute atomic E-state index is 5.16. The van der Waals surface area contributed by atoms with Crippen LogP contribution in [0.1, 0.15) is 30.5 Å². The van der Waals surface area contributed by atoms with Gasteiger partial charge in [-0.25, -0.2) is 0 Å². The van der Waals surface area contributed by atoms with Crippen molar-refractivity contribution in [3.63, 3.8) is 0 Å². The summed E-state index contributed by atoms with van der Waals surface area (Å²) in [5, 5.41) is 6.86. The second-order valence-electron chi connectivity index (χ2n) is 3.22. The second-order valence-corrected chi connectivity index (χ2v) is 3.22. The highest BCUT2D eigenvalue weighted by Crippen LogP contribution is 2.27. The van der Waals surface area contributed by atoms with Crippen molar-refractivity contribution in [1.82, 2.24) is 15.5 Å². The van der Waals surface area contributed by atoms with Crippen LogP contribution in [0.25, 0.3) is 0 Å². The zero-order chi connectivity index (χ0) is 9.10. The van der Waals surface area contributed by atoms with E-state index in [0.717, 1.165) is 24.6 Å². The number of hydrogen-bond acceptors (Lipinski definition) is 4. The molecule has 1 aromatic rings. The molecule has 2 rings (SSSR count). The van der Waals surface area contributed by atoms with Gasteiger partial charge in [-0.3, -0.25) is 0 Å². The van der Waals surface area contributed by atoms with Gasteiger partial charge in [-0.2, -0.15) is 4.98 Å². The fourth-order valence-electron chi connectivity index (χ4n) is 1.48. The lowest BCUT2D eigenvalue weighted by molar-refractivity contribution is 0.352. The highest BCUT2D eigenvalue weighted by Gasteiger charge is 2.19. The summed E-state index contributed by atoms with van der Waals surface area (Å²) >= 11 is 0. The lowest BCUT2D eigenvalue weighted by Crippen LogP contribution is -2.06. The first-order valence-electron chi connectivity index (χ1n) is 4.52. The Morgan fingerprint density at radius 2 is 2.31 bits per heavy atom. The van der Waals surface area contributed by atoms with E-state index in [-0.39, 0.29) is 0 Å². The molecule has 0 saturated carbocycles. The minimum Gasteiger partial charge on any atom is -0.339 e. The van der Waals surface area contributed by atoms with Gasteiger partial charge in [0.2, 0.25) is 5.89 Å². The number of nitrogens with zero attached hydrogens (tertiary/aromatic N) is 2. The average Bonchev–Trinajstić information content (AvgIpc) is 2.70. The van der Waals surface area contributed by atoms with Crippen LogP contribution in [0.15, 0.2) is 16.7 Å². The predicted molar refractivity (Wildman–Crippen MR) is 48.2 cm³/mol. The summed E-state index contributed by atoms with van der Waals surface area (Å²) in [6, 6.07) is 0. The second kappa shape index (κ2) is 3.70. The van der Waals surface area contributed by atoms with Gasteiger partial charge >= 0.3 is 0 Å². The third kappa shape index (κ3) is 1.78. The zero-order valence-electron chi connectivity index (χ0n) is 7.66. The number of allylic oxidation sites excluding steroid dienone is 2. The Bertz CT molecular complexity index is 298. The zero-order valence-corrected chi connectivity index (χ0v) is 7.66. The molecule has 70 valence electrons. The van der Waals surface area contributed by atoms with Crippen molar-refractivity contribution in [2.75, 3.05) is 7.05 Å². The van der Waals surface area contributed by atoms with Gasteiger partial charge in [-0.15, -0.1) is 0 Å². The number of rotatable bonds is 3. The first kappa shape index (κ1) is 8.44. The summed E-state index contributed by atoms with van der Waals surface area (Å²) < 4.78 is 5.16. The molecular formula is C9H13N3O. The molecule has 1 heterocycles. The highest BCUT2D eigenvalue weighted by atomic mass is 16.5. The predicted octanol–water partition coefficient (Wildman–Crippen LogP) is 1.22. The van der Waals surface area contributed by atoms with E-state index in [2.05, 4.69) is 27.6 Å². The van der Waals surface area contributed by atoms with Crippen LogP contribution >= 0.6 is 0 Å². The SMILES string of the molecule is CNCc1noc(C2CC=CC2)n1. The number of nitrogens with one attached hydrogen (secondary N) is 1. The van der Waals surface area contributed by atoms with Gasteiger partial charge in [0, 0.05) is 5.92 Å². The van der Waals surface area contributed by atoms with E-state index in [1.807, 2.05) is 7.05 Å². The molecule has 1 aromatic heterocycles. The van der Waals surface area contributed by atoms with Gasteiger partial charge < -0.3 is 9.84 Å². The van der Waals surface area contributed by atoms with Crippen LogP contribution in [0.2, 0.25) is 0 Å². The van der Waals surface area contributed by atoms with Crippen LogP contribution in [0.5, 0.6) is 0 Å². The average molecular weight is 179 g/mol. The van der Waals surface area contributed by atoms with Crippen LogP contribution < -0.4 is 5.32 Å². The molecule has 0 atom stereocenters. The summed E-state index contributed by atoms with van der Waals surface area (Å²) in [7, 11) is 1.87. The smallest absolute Gasteiger partial charge is 0.230 e. The van der Waals surface area contributed by atoms with Gasteiger partial charge in [0.25, 0.3) is 0 Å². The van der Waals surface area contributed by atoms with E-state index in [9.17, 15) is 0 Å². The molecule has 0 unspecified atom stereocenters. The summed E-state index contributed by atoms with van der Waals surface area (Å²) in [5.41, 5.74) is 0. The molecule has 0 amide bonds. The Morgan fingerprint density at radius 3 is 3.00 bits per heavy atom. The first-order valence-corrected chi connectivity index (χ1v) is 4.52. The van der Waals surface area contributed by atoms with E-state index >= 15 is 0 Å². The Balaban J connectivity index is 2.04. The van der Waals surface area contributed by atoms with Crippen LogP contribution in [-0.2, 0) is 6.54 Å². The van der Waals surface area contributed by atoms with E-state index in [4.69, 9.17) is 4.52 Å². The first-order chi connectivity index (χ1) is 6.40. The Labute approximate surface area is 77.0 Å². The number of aromatic nitrogens is 2. The van der Waals surface area contributed by atoms with Crippen molar-refractivity contribution < 1.29 is 4.52 Å². The molecule has 0 aromatic carbocycles. The van der Waals surface area contributed by atoms with Crippen molar-refractivity contribution in [1.29, 1.82) is 0 Å². The minimum absolute atomic E-state index is 0.415. The maximum atomic E-state index is 5.16. The molecule has 4 nitrogen and oxygen atoms in total. The van der Waals surface area contributed by atoms with E-state index in [1.54, 1.807) is 0 Å². The largest absolute Gasteiger partial charge is 0.339 e. The summed E-state index contributed by atoms with van der Waals surface area (Å²) in [5.74, 6) is 1.93. The van der Waals surface area contributed by atoms with Gasteiger partial charge in [-0.1, -0.05) is 17.3 Å². The molecular weight excluding hydrogens is 166 g/mol. The molecule has 0 aliphatic heterocycles. The molecule has 0 saturated heterocycles. The van der Waals surface area contributed by atoms with Crippen molar-refractivity contribution in [3.05, 3.63) is 23.9 Å². The van der Waals surface area contributed by atoms with Gasteiger partial charge in [0.1, 0.15) is 0 Å². The molecule has 13 heavy (non-hydrogen) atoms. The van der Waals surface area contributed by atoms with Gasteiger partial charge in [0.15, 0.2) is 5.82 Å². The summed E-state index contributed by atoms with van der Waals surface area (Å²) in [4.78, 5) is 4.30. The molecule has 0 fully saturated rings. The lowest BCUT2D eigenvalue weighted by Gasteiger charge is -1.99. The van der Waals surface area contributed by atoms with E-state index < -0.39 is 0 Å². The molecule has 1 aliphatic carbocycles. The molecule has 0 spiro atoms. The van der Waals surface area contributed by atoms with Gasteiger partial charge in [0.05, 0.1) is 6.54 Å². The van der Waals surface area contributed by atoms with Crippen LogP contribution in [-0.4, -0.2) is 17.2 Å². The minimum atomic E-state index is 0.415.